The molecule has 3 aromatic rings. The van der Waals surface area contributed by atoms with Gasteiger partial charge in [0.1, 0.15) is 5.82 Å². The summed E-state index contributed by atoms with van der Waals surface area (Å²) in [4.78, 5) is 12.1. The second kappa shape index (κ2) is 9.86. The van der Waals surface area contributed by atoms with E-state index in [1.165, 1.54) is 35.4 Å². The Hall–Kier alpha value is -2.91. The summed E-state index contributed by atoms with van der Waals surface area (Å²) in [5, 5.41) is 3.15. The zero-order chi connectivity index (χ0) is 19.8. The topological polar surface area (TPSA) is 29.1 Å². The van der Waals surface area contributed by atoms with E-state index < -0.39 is 5.82 Å². The molecule has 3 rings (SSSR count). The van der Waals surface area contributed by atoms with Crippen molar-refractivity contribution in [2.45, 2.75) is 12.3 Å². The van der Waals surface area contributed by atoms with Gasteiger partial charge in [-0.15, -0.1) is 0 Å². The number of rotatable bonds is 7. The highest BCUT2D eigenvalue weighted by atomic mass is 35.5. The minimum absolute atomic E-state index is 0.188. The monoisotopic (exact) mass is 393 g/mol. The molecule has 0 aliphatic carbocycles. The third-order valence-electron chi connectivity index (χ3n) is 4.54. The van der Waals surface area contributed by atoms with Crippen LogP contribution in [0, 0.1) is 5.82 Å². The first-order valence-electron chi connectivity index (χ1n) is 9.15. The summed E-state index contributed by atoms with van der Waals surface area (Å²) in [5.74, 6) is -0.545. The fourth-order valence-electron chi connectivity index (χ4n) is 3.12. The van der Waals surface area contributed by atoms with Crippen LogP contribution in [-0.4, -0.2) is 12.5 Å². The Morgan fingerprint density at radius 3 is 2.11 bits per heavy atom. The van der Waals surface area contributed by atoms with Crippen LogP contribution in [0.2, 0.25) is 5.02 Å². The lowest BCUT2D eigenvalue weighted by Crippen LogP contribution is -2.23. The van der Waals surface area contributed by atoms with Crippen molar-refractivity contribution in [3.8, 4) is 0 Å². The van der Waals surface area contributed by atoms with Crippen molar-refractivity contribution < 1.29 is 9.18 Å². The first-order valence-corrected chi connectivity index (χ1v) is 9.53. The van der Waals surface area contributed by atoms with Gasteiger partial charge in [-0.1, -0.05) is 78.3 Å². The molecular formula is C24H21ClFNO. The molecule has 0 radical (unpaired) electrons. The molecule has 0 atom stereocenters. The van der Waals surface area contributed by atoms with Gasteiger partial charge in [0, 0.05) is 24.1 Å². The van der Waals surface area contributed by atoms with Crippen molar-refractivity contribution in [2.75, 3.05) is 6.54 Å². The van der Waals surface area contributed by atoms with Gasteiger partial charge < -0.3 is 5.32 Å². The molecule has 2 nitrogen and oxygen atoms in total. The maximum Gasteiger partial charge on any atom is 0.244 e. The summed E-state index contributed by atoms with van der Waals surface area (Å²) in [7, 11) is 0. The van der Waals surface area contributed by atoms with E-state index in [1.807, 2.05) is 36.4 Å². The highest BCUT2D eigenvalue weighted by Gasteiger charge is 2.13. The third kappa shape index (κ3) is 5.30. The molecule has 0 fully saturated rings. The second-order valence-electron chi connectivity index (χ2n) is 6.42. The molecule has 1 N–H and O–H groups in total. The Morgan fingerprint density at radius 1 is 0.929 bits per heavy atom. The molecule has 0 spiro atoms. The molecule has 0 unspecified atom stereocenters. The van der Waals surface area contributed by atoms with Crippen LogP contribution in [0.15, 0.2) is 84.9 Å². The van der Waals surface area contributed by atoms with Crippen LogP contribution in [-0.2, 0) is 4.79 Å². The van der Waals surface area contributed by atoms with Crippen molar-refractivity contribution in [1.82, 2.24) is 5.32 Å². The molecule has 0 bridgehead atoms. The van der Waals surface area contributed by atoms with Gasteiger partial charge >= 0.3 is 0 Å². The lowest BCUT2D eigenvalue weighted by molar-refractivity contribution is -0.116. The van der Waals surface area contributed by atoms with Crippen LogP contribution in [0.25, 0.3) is 6.08 Å². The van der Waals surface area contributed by atoms with E-state index in [0.29, 0.717) is 6.54 Å². The van der Waals surface area contributed by atoms with Gasteiger partial charge in [0.05, 0.1) is 5.02 Å². The van der Waals surface area contributed by atoms with Crippen LogP contribution < -0.4 is 5.32 Å². The summed E-state index contributed by atoms with van der Waals surface area (Å²) in [5.41, 5.74) is 2.62. The van der Waals surface area contributed by atoms with Gasteiger partial charge in [0.15, 0.2) is 0 Å². The summed E-state index contributed by atoms with van der Waals surface area (Å²) < 4.78 is 13.8. The van der Waals surface area contributed by atoms with Gasteiger partial charge in [-0.3, -0.25) is 4.79 Å². The zero-order valence-electron chi connectivity index (χ0n) is 15.3. The smallest absolute Gasteiger partial charge is 0.244 e. The minimum Gasteiger partial charge on any atom is -0.353 e. The molecular weight excluding hydrogens is 373 g/mol. The molecule has 4 heteroatoms. The molecule has 0 aliphatic rings. The van der Waals surface area contributed by atoms with E-state index in [0.717, 1.165) is 6.42 Å². The van der Waals surface area contributed by atoms with E-state index in [1.54, 1.807) is 6.07 Å². The molecule has 0 saturated carbocycles. The number of halogens is 2. The predicted molar refractivity (Wildman–Crippen MR) is 113 cm³/mol. The lowest BCUT2D eigenvalue weighted by Gasteiger charge is -2.18. The Labute approximate surface area is 169 Å². The highest BCUT2D eigenvalue weighted by Crippen LogP contribution is 2.27. The fourth-order valence-corrected chi connectivity index (χ4v) is 3.35. The average molecular weight is 394 g/mol. The van der Waals surface area contributed by atoms with Crippen LogP contribution in [0.1, 0.15) is 29.0 Å². The summed E-state index contributed by atoms with van der Waals surface area (Å²) in [6.45, 7) is 0.503. The van der Waals surface area contributed by atoms with Gasteiger partial charge in [-0.2, -0.15) is 0 Å². The van der Waals surface area contributed by atoms with E-state index in [4.69, 9.17) is 11.6 Å². The SMILES string of the molecule is O=C(/C=C/c1c(F)cccc1Cl)NCCC(c1ccccc1)c1ccccc1. The molecule has 0 aliphatic heterocycles. The minimum atomic E-state index is -0.454. The Bertz CT molecular complexity index is 882. The maximum absolute atomic E-state index is 13.8. The van der Waals surface area contributed by atoms with Gasteiger partial charge in [-0.25, -0.2) is 4.39 Å². The average Bonchev–Trinajstić information content (AvgIpc) is 2.72. The van der Waals surface area contributed by atoms with Crippen molar-refractivity contribution in [2.24, 2.45) is 0 Å². The van der Waals surface area contributed by atoms with E-state index >= 15 is 0 Å². The molecule has 3 aromatic carbocycles. The quantitative estimate of drug-likeness (QED) is 0.502. The summed E-state index contributed by atoms with van der Waals surface area (Å²) in [6.07, 6.45) is 3.47. The molecule has 0 aromatic heterocycles. The largest absolute Gasteiger partial charge is 0.353 e. The van der Waals surface area contributed by atoms with Gasteiger partial charge in [0.2, 0.25) is 5.91 Å². The van der Waals surface area contributed by atoms with Crippen LogP contribution in [0.3, 0.4) is 0 Å². The van der Waals surface area contributed by atoms with Crippen LogP contribution in [0.5, 0.6) is 0 Å². The third-order valence-corrected chi connectivity index (χ3v) is 4.87. The van der Waals surface area contributed by atoms with Crippen molar-refractivity contribution in [3.05, 3.63) is 112 Å². The lowest BCUT2D eigenvalue weighted by atomic mass is 9.88. The van der Waals surface area contributed by atoms with Crippen LogP contribution in [0.4, 0.5) is 4.39 Å². The first kappa shape index (κ1) is 19.8. The van der Waals surface area contributed by atoms with Crippen LogP contribution >= 0.6 is 11.6 Å². The number of amides is 1. The maximum atomic E-state index is 13.8. The normalized spacial score (nSPS) is 11.1. The Kier molecular flexibility index (Phi) is 6.99. The standard InChI is InChI=1S/C24H21ClFNO/c25-22-12-7-13-23(26)21(22)14-15-24(28)27-17-16-20(18-8-3-1-4-9-18)19-10-5-2-6-11-19/h1-15,20H,16-17H2,(H,27,28)/b15-14+. The van der Waals surface area contributed by atoms with E-state index in [-0.39, 0.29) is 22.4 Å². The molecule has 0 saturated heterocycles. The number of hydrogen-bond acceptors (Lipinski definition) is 1. The molecule has 1 amide bonds. The number of hydrogen-bond donors (Lipinski definition) is 1. The summed E-state index contributed by atoms with van der Waals surface area (Å²) in [6, 6.07) is 24.9. The number of carbonyl (C=O) groups is 1. The molecule has 28 heavy (non-hydrogen) atoms. The predicted octanol–water partition coefficient (Wildman–Crippen LogP) is 5.83. The van der Waals surface area contributed by atoms with Crippen molar-refractivity contribution >= 4 is 23.6 Å². The number of carbonyl (C=O) groups excluding carboxylic acids is 1. The highest BCUT2D eigenvalue weighted by molar-refractivity contribution is 6.32. The second-order valence-corrected chi connectivity index (χ2v) is 6.83. The number of benzene rings is 3. The van der Waals surface area contributed by atoms with E-state index in [9.17, 15) is 9.18 Å². The van der Waals surface area contributed by atoms with E-state index in [2.05, 4.69) is 29.6 Å². The van der Waals surface area contributed by atoms with Crippen molar-refractivity contribution in [1.29, 1.82) is 0 Å². The fraction of sp³-hybridized carbons (Fsp3) is 0.125. The first-order chi connectivity index (χ1) is 13.6. The van der Waals surface area contributed by atoms with Crippen molar-refractivity contribution in [3.63, 3.8) is 0 Å². The number of nitrogens with one attached hydrogen (secondary N) is 1. The Morgan fingerprint density at radius 2 is 1.54 bits per heavy atom. The zero-order valence-corrected chi connectivity index (χ0v) is 16.1. The summed E-state index contributed by atoms with van der Waals surface area (Å²) >= 11 is 5.97. The molecule has 0 heterocycles. The molecule has 142 valence electrons. The Balaban J connectivity index is 1.63. The van der Waals surface area contributed by atoms with Gasteiger partial charge in [0.25, 0.3) is 0 Å². The van der Waals surface area contributed by atoms with Gasteiger partial charge in [-0.05, 0) is 35.8 Å².